The molecule has 2 heterocycles. The van der Waals surface area contributed by atoms with Gasteiger partial charge in [-0.15, -0.1) is 0 Å². The highest BCUT2D eigenvalue weighted by molar-refractivity contribution is 7.89. The van der Waals surface area contributed by atoms with E-state index in [1.54, 1.807) is 17.5 Å². The second kappa shape index (κ2) is 6.14. The minimum atomic E-state index is -3.51. The Morgan fingerprint density at radius 3 is 2.65 bits per heavy atom. The third-order valence-corrected chi connectivity index (χ3v) is 7.10. The monoisotopic (exact) mass is 370 g/mol. The fourth-order valence-corrected chi connectivity index (χ4v) is 5.37. The molecule has 0 bridgehead atoms. The van der Waals surface area contributed by atoms with Gasteiger partial charge in [0.15, 0.2) is 0 Å². The molecule has 0 saturated carbocycles. The van der Waals surface area contributed by atoms with Crippen LogP contribution in [-0.4, -0.2) is 31.4 Å². The maximum Gasteiger partial charge on any atom is 0.243 e. The Hall–Kier alpha value is -2.31. The first-order chi connectivity index (χ1) is 12.4. The highest BCUT2D eigenvalue weighted by atomic mass is 32.2. The van der Waals surface area contributed by atoms with Gasteiger partial charge in [0.25, 0.3) is 0 Å². The predicted molar refractivity (Wildman–Crippen MR) is 102 cm³/mol. The molecule has 1 N–H and O–H groups in total. The maximum atomic E-state index is 13.1. The summed E-state index contributed by atoms with van der Waals surface area (Å²) in [6, 6.07) is 11.4. The van der Waals surface area contributed by atoms with E-state index in [1.807, 2.05) is 44.2 Å². The largest absolute Gasteiger partial charge is 0.497 e. The number of methoxy groups -OCH3 is 1. The van der Waals surface area contributed by atoms with Crippen LogP contribution in [0.3, 0.4) is 0 Å². The van der Waals surface area contributed by atoms with E-state index in [0.717, 1.165) is 33.5 Å². The molecule has 136 valence electrons. The van der Waals surface area contributed by atoms with Gasteiger partial charge in [0, 0.05) is 23.1 Å². The number of sulfonamides is 1. The van der Waals surface area contributed by atoms with Crippen LogP contribution in [0.4, 0.5) is 0 Å². The summed E-state index contributed by atoms with van der Waals surface area (Å²) in [5, 5.41) is 1.11. The van der Waals surface area contributed by atoms with Crippen LogP contribution in [0, 0.1) is 13.8 Å². The zero-order valence-corrected chi connectivity index (χ0v) is 16.0. The van der Waals surface area contributed by atoms with Gasteiger partial charge in [-0.3, -0.25) is 0 Å². The van der Waals surface area contributed by atoms with E-state index < -0.39 is 10.0 Å². The van der Waals surface area contributed by atoms with Crippen LogP contribution in [0.2, 0.25) is 0 Å². The molecule has 0 unspecified atom stereocenters. The van der Waals surface area contributed by atoms with Gasteiger partial charge in [-0.05, 0) is 55.7 Å². The minimum absolute atomic E-state index is 0.363. The first-order valence-corrected chi connectivity index (χ1v) is 10.1. The number of aromatic nitrogens is 1. The van der Waals surface area contributed by atoms with E-state index in [4.69, 9.17) is 4.74 Å². The normalized spacial score (nSPS) is 15.2. The molecule has 2 aromatic carbocycles. The van der Waals surface area contributed by atoms with Crippen LogP contribution in [0.25, 0.3) is 10.9 Å². The third-order valence-electron chi connectivity index (χ3n) is 5.10. The highest BCUT2D eigenvalue weighted by Crippen LogP contribution is 2.32. The first-order valence-electron chi connectivity index (χ1n) is 8.65. The molecule has 3 aromatic rings. The van der Waals surface area contributed by atoms with E-state index in [1.165, 1.54) is 5.56 Å². The Bertz CT molecular complexity index is 1100. The Balaban J connectivity index is 1.72. The minimum Gasteiger partial charge on any atom is -0.497 e. The van der Waals surface area contributed by atoms with Gasteiger partial charge in [0.05, 0.1) is 18.6 Å². The average molecular weight is 370 g/mol. The van der Waals surface area contributed by atoms with Crippen molar-refractivity contribution in [3.8, 4) is 5.75 Å². The summed E-state index contributed by atoms with van der Waals surface area (Å²) in [4.78, 5) is 3.78. The van der Waals surface area contributed by atoms with Gasteiger partial charge in [-0.2, -0.15) is 4.31 Å². The predicted octanol–water partition coefficient (Wildman–Crippen LogP) is 3.54. The molecule has 26 heavy (non-hydrogen) atoms. The number of H-pyrrole nitrogens is 1. The molecule has 0 amide bonds. The number of hydrogen-bond donors (Lipinski definition) is 1. The van der Waals surface area contributed by atoms with Crippen LogP contribution < -0.4 is 4.74 Å². The molecule has 0 aliphatic carbocycles. The second-order valence-corrected chi connectivity index (χ2v) is 8.76. The van der Waals surface area contributed by atoms with E-state index in [0.29, 0.717) is 24.4 Å². The molecule has 0 saturated heterocycles. The zero-order valence-electron chi connectivity index (χ0n) is 15.2. The second-order valence-electron chi connectivity index (χ2n) is 6.85. The fourth-order valence-electron chi connectivity index (χ4n) is 3.76. The number of aryl methyl sites for hydroxylation is 2. The lowest BCUT2D eigenvalue weighted by Crippen LogP contribution is -2.36. The van der Waals surface area contributed by atoms with Crippen LogP contribution >= 0.6 is 0 Å². The molecule has 4 rings (SSSR count). The number of fused-ring (bicyclic) bond motifs is 3. The number of aromatic amines is 1. The van der Waals surface area contributed by atoms with Crippen LogP contribution in [0.1, 0.15) is 22.4 Å². The number of nitrogens with zero attached hydrogens (tertiary/aromatic N) is 1. The molecule has 0 atom stereocenters. The molecule has 6 heteroatoms. The van der Waals surface area contributed by atoms with Crippen molar-refractivity contribution in [1.82, 2.24) is 9.29 Å². The topological polar surface area (TPSA) is 62.4 Å². The molecule has 0 radical (unpaired) electrons. The molecule has 0 spiro atoms. The summed E-state index contributed by atoms with van der Waals surface area (Å²) in [7, 11) is -1.86. The van der Waals surface area contributed by atoms with Crippen molar-refractivity contribution in [2.75, 3.05) is 13.7 Å². The number of hydrogen-bond acceptors (Lipinski definition) is 3. The standard InChI is InChI=1S/C20H22N2O3S/c1-13-4-7-20(14(2)10-13)26(23,24)22-9-8-16-17-11-15(25-3)5-6-18(17)21-19(16)12-22/h4-7,10-11,21H,8-9,12H2,1-3H3. The molecule has 1 aliphatic heterocycles. The maximum absolute atomic E-state index is 13.1. The average Bonchev–Trinajstić information content (AvgIpc) is 2.98. The van der Waals surface area contributed by atoms with E-state index >= 15 is 0 Å². The molecule has 1 aromatic heterocycles. The third kappa shape index (κ3) is 2.70. The Morgan fingerprint density at radius 1 is 1.12 bits per heavy atom. The summed E-state index contributed by atoms with van der Waals surface area (Å²) in [6.45, 7) is 4.66. The molecule has 5 nitrogen and oxygen atoms in total. The quantitative estimate of drug-likeness (QED) is 0.767. The van der Waals surface area contributed by atoms with E-state index in [9.17, 15) is 8.42 Å². The molecular formula is C20H22N2O3S. The zero-order chi connectivity index (χ0) is 18.5. The Kier molecular flexibility index (Phi) is 4.04. The van der Waals surface area contributed by atoms with Crippen molar-refractivity contribution in [3.05, 3.63) is 58.8 Å². The Labute approximate surface area is 153 Å². The SMILES string of the molecule is COc1ccc2[nH]c3c(c2c1)CCN(S(=O)(=O)c1ccc(C)cc1C)C3. The molecule has 1 aliphatic rings. The van der Waals surface area contributed by atoms with E-state index in [2.05, 4.69) is 4.98 Å². The van der Waals surface area contributed by atoms with Gasteiger partial charge in [0.2, 0.25) is 10.0 Å². The van der Waals surface area contributed by atoms with Gasteiger partial charge in [0.1, 0.15) is 5.75 Å². The van der Waals surface area contributed by atoms with Gasteiger partial charge >= 0.3 is 0 Å². The van der Waals surface area contributed by atoms with Crippen LogP contribution in [0.5, 0.6) is 5.75 Å². The van der Waals surface area contributed by atoms with Crippen molar-refractivity contribution in [1.29, 1.82) is 0 Å². The van der Waals surface area contributed by atoms with E-state index in [-0.39, 0.29) is 0 Å². The highest BCUT2D eigenvalue weighted by Gasteiger charge is 2.31. The van der Waals surface area contributed by atoms with Crippen molar-refractivity contribution >= 4 is 20.9 Å². The van der Waals surface area contributed by atoms with Crippen molar-refractivity contribution in [2.45, 2.75) is 31.7 Å². The van der Waals surface area contributed by atoms with Gasteiger partial charge < -0.3 is 9.72 Å². The number of ether oxygens (including phenoxy) is 1. The van der Waals surface area contributed by atoms with Crippen molar-refractivity contribution in [2.24, 2.45) is 0 Å². The van der Waals surface area contributed by atoms with Crippen molar-refractivity contribution in [3.63, 3.8) is 0 Å². The lowest BCUT2D eigenvalue weighted by molar-refractivity contribution is 0.388. The molecule has 0 fully saturated rings. The summed E-state index contributed by atoms with van der Waals surface area (Å²) in [6.07, 6.45) is 0.687. The van der Waals surface area contributed by atoms with Crippen LogP contribution in [-0.2, 0) is 23.0 Å². The van der Waals surface area contributed by atoms with Gasteiger partial charge in [-0.1, -0.05) is 17.7 Å². The lowest BCUT2D eigenvalue weighted by atomic mass is 10.0. The van der Waals surface area contributed by atoms with Gasteiger partial charge in [-0.25, -0.2) is 8.42 Å². The summed E-state index contributed by atoms with van der Waals surface area (Å²) >= 11 is 0. The molecular weight excluding hydrogens is 348 g/mol. The number of rotatable bonds is 3. The smallest absolute Gasteiger partial charge is 0.243 e. The summed E-state index contributed by atoms with van der Waals surface area (Å²) in [5.41, 5.74) is 5.02. The van der Waals surface area contributed by atoms with Crippen molar-refractivity contribution < 1.29 is 13.2 Å². The number of benzene rings is 2. The summed E-state index contributed by atoms with van der Waals surface area (Å²) in [5.74, 6) is 0.810. The Morgan fingerprint density at radius 2 is 1.92 bits per heavy atom. The van der Waals surface area contributed by atoms with Crippen LogP contribution in [0.15, 0.2) is 41.3 Å². The number of nitrogens with one attached hydrogen (secondary N) is 1. The first kappa shape index (κ1) is 17.1. The lowest BCUT2D eigenvalue weighted by Gasteiger charge is -2.27. The fraction of sp³-hybridized carbons (Fsp3) is 0.300. The summed E-state index contributed by atoms with van der Waals surface area (Å²) < 4.78 is 33.2.